The van der Waals surface area contributed by atoms with Crippen LogP contribution in [0.2, 0.25) is 0 Å². The number of alkyl halides is 3. The molecular weight excluding hydrogens is 265 g/mol. The highest BCUT2D eigenvalue weighted by atomic mass is 32.1. The Labute approximate surface area is 107 Å². The Morgan fingerprint density at radius 1 is 1.50 bits per heavy atom. The molecule has 0 spiro atoms. The first-order valence-corrected chi connectivity index (χ1v) is 6.67. The van der Waals surface area contributed by atoms with Crippen molar-refractivity contribution in [1.82, 2.24) is 14.3 Å². The van der Waals surface area contributed by atoms with E-state index in [1.165, 1.54) is 0 Å². The molecule has 0 aromatic carbocycles. The van der Waals surface area contributed by atoms with E-state index >= 15 is 0 Å². The molecule has 0 radical (unpaired) electrons. The van der Waals surface area contributed by atoms with Crippen molar-refractivity contribution in [1.29, 1.82) is 0 Å². The van der Waals surface area contributed by atoms with Crippen LogP contribution in [0, 0.1) is 0 Å². The standard InChI is InChI=1S/C10H15F3N4S/c1-2-17-5-3-4-7(17)6-14-9-15-8(16-18-9)10(11,12)13/h7H,2-6H2,1H3,(H,14,15,16). The molecule has 1 atom stereocenters. The number of hydrogen-bond acceptors (Lipinski definition) is 5. The number of nitrogens with one attached hydrogen (secondary N) is 1. The second kappa shape index (κ2) is 5.40. The smallest absolute Gasteiger partial charge is 0.359 e. The average molecular weight is 280 g/mol. The second-order valence-electron chi connectivity index (χ2n) is 4.23. The Morgan fingerprint density at radius 2 is 2.28 bits per heavy atom. The average Bonchev–Trinajstić information content (AvgIpc) is 2.94. The Kier molecular flexibility index (Phi) is 4.06. The van der Waals surface area contributed by atoms with Gasteiger partial charge in [0.1, 0.15) is 0 Å². The van der Waals surface area contributed by atoms with Gasteiger partial charge in [-0.3, -0.25) is 4.90 Å². The van der Waals surface area contributed by atoms with Gasteiger partial charge in [0, 0.05) is 24.1 Å². The van der Waals surface area contributed by atoms with E-state index in [9.17, 15) is 13.2 Å². The lowest BCUT2D eigenvalue weighted by atomic mass is 10.2. The lowest BCUT2D eigenvalue weighted by molar-refractivity contribution is -0.144. The molecule has 1 N–H and O–H groups in total. The van der Waals surface area contributed by atoms with Crippen molar-refractivity contribution in [3.8, 4) is 0 Å². The van der Waals surface area contributed by atoms with Gasteiger partial charge in [-0.2, -0.15) is 22.5 Å². The molecule has 8 heteroatoms. The second-order valence-corrected chi connectivity index (χ2v) is 4.98. The van der Waals surface area contributed by atoms with Crippen molar-refractivity contribution in [2.45, 2.75) is 32.0 Å². The largest absolute Gasteiger partial charge is 0.452 e. The highest BCUT2D eigenvalue weighted by molar-refractivity contribution is 7.09. The third-order valence-corrected chi connectivity index (χ3v) is 3.75. The molecule has 1 fully saturated rings. The Morgan fingerprint density at radius 3 is 2.89 bits per heavy atom. The molecule has 1 unspecified atom stereocenters. The minimum absolute atomic E-state index is 0.241. The van der Waals surface area contributed by atoms with Gasteiger partial charge in [-0.05, 0) is 25.9 Å². The molecular formula is C10H15F3N4S. The number of likely N-dealkylation sites (tertiary alicyclic amines) is 1. The molecule has 2 heterocycles. The van der Waals surface area contributed by atoms with Crippen molar-refractivity contribution in [2.24, 2.45) is 0 Å². The zero-order chi connectivity index (χ0) is 13.2. The number of nitrogens with zero attached hydrogens (tertiary/aromatic N) is 3. The van der Waals surface area contributed by atoms with Gasteiger partial charge in [0.25, 0.3) is 0 Å². The van der Waals surface area contributed by atoms with Crippen LogP contribution in [0.15, 0.2) is 0 Å². The molecule has 0 amide bonds. The molecule has 0 saturated carbocycles. The normalized spacial score (nSPS) is 21.4. The predicted octanol–water partition coefficient (Wildman–Crippen LogP) is 2.45. The van der Waals surface area contributed by atoms with Crippen LogP contribution >= 0.6 is 11.5 Å². The van der Waals surface area contributed by atoms with Gasteiger partial charge in [0.2, 0.25) is 11.0 Å². The summed E-state index contributed by atoms with van der Waals surface area (Å²) in [6.07, 6.45) is -2.24. The summed E-state index contributed by atoms with van der Waals surface area (Å²) in [6.45, 7) is 4.74. The van der Waals surface area contributed by atoms with E-state index in [1.54, 1.807) is 0 Å². The van der Waals surface area contributed by atoms with E-state index in [2.05, 4.69) is 26.5 Å². The van der Waals surface area contributed by atoms with Crippen LogP contribution in [0.3, 0.4) is 0 Å². The highest BCUT2D eigenvalue weighted by Gasteiger charge is 2.36. The van der Waals surface area contributed by atoms with Crippen molar-refractivity contribution in [2.75, 3.05) is 25.0 Å². The molecule has 0 aliphatic carbocycles. The third-order valence-electron chi connectivity index (χ3n) is 3.07. The fraction of sp³-hybridized carbons (Fsp3) is 0.800. The quantitative estimate of drug-likeness (QED) is 0.920. The summed E-state index contributed by atoms with van der Waals surface area (Å²) < 4.78 is 40.2. The van der Waals surface area contributed by atoms with E-state index in [0.717, 1.165) is 37.5 Å². The Hall–Kier alpha value is -0.890. The van der Waals surface area contributed by atoms with Crippen LogP contribution in [-0.4, -0.2) is 39.9 Å². The predicted molar refractivity (Wildman–Crippen MR) is 63.7 cm³/mol. The molecule has 1 aromatic rings. The first kappa shape index (κ1) is 13.5. The SMILES string of the molecule is CCN1CCCC1CNc1nc(C(F)(F)F)ns1. The van der Waals surface area contributed by atoms with Crippen molar-refractivity contribution in [3.63, 3.8) is 0 Å². The number of rotatable bonds is 4. The molecule has 1 aliphatic heterocycles. The third kappa shape index (κ3) is 3.11. The van der Waals surface area contributed by atoms with Crippen LogP contribution in [0.25, 0.3) is 0 Å². The van der Waals surface area contributed by atoms with Crippen molar-refractivity contribution >= 4 is 16.7 Å². The summed E-state index contributed by atoms with van der Waals surface area (Å²) in [4.78, 5) is 5.76. The number of aromatic nitrogens is 2. The van der Waals surface area contributed by atoms with Gasteiger partial charge in [0.15, 0.2) is 0 Å². The first-order valence-electron chi connectivity index (χ1n) is 5.89. The summed E-state index contributed by atoms with van der Waals surface area (Å²) in [6, 6.07) is 0.383. The van der Waals surface area contributed by atoms with E-state index in [0.29, 0.717) is 12.6 Å². The van der Waals surface area contributed by atoms with Crippen LogP contribution in [0.1, 0.15) is 25.6 Å². The number of hydrogen-bond donors (Lipinski definition) is 1. The zero-order valence-electron chi connectivity index (χ0n) is 10.00. The molecule has 18 heavy (non-hydrogen) atoms. The van der Waals surface area contributed by atoms with Gasteiger partial charge < -0.3 is 5.32 Å². The van der Waals surface area contributed by atoms with E-state index < -0.39 is 12.0 Å². The summed E-state index contributed by atoms with van der Waals surface area (Å²) in [5.41, 5.74) is 0. The number of anilines is 1. The topological polar surface area (TPSA) is 41.0 Å². The molecule has 0 bridgehead atoms. The summed E-state index contributed by atoms with van der Waals surface area (Å²) in [5, 5.41) is 3.19. The summed E-state index contributed by atoms with van der Waals surface area (Å²) in [5.74, 6) is -1.06. The monoisotopic (exact) mass is 280 g/mol. The van der Waals surface area contributed by atoms with Crippen LogP contribution in [0.5, 0.6) is 0 Å². The minimum Gasteiger partial charge on any atom is -0.359 e. The van der Waals surface area contributed by atoms with Gasteiger partial charge in [-0.1, -0.05) is 6.92 Å². The van der Waals surface area contributed by atoms with Crippen LogP contribution < -0.4 is 5.32 Å². The maximum Gasteiger partial charge on any atom is 0.452 e. The molecule has 102 valence electrons. The lowest BCUT2D eigenvalue weighted by Crippen LogP contribution is -2.34. The maximum atomic E-state index is 12.3. The van der Waals surface area contributed by atoms with E-state index in [1.807, 2.05) is 0 Å². The molecule has 1 aliphatic rings. The number of likely N-dealkylation sites (N-methyl/N-ethyl adjacent to an activating group) is 1. The minimum atomic E-state index is -4.46. The lowest BCUT2D eigenvalue weighted by Gasteiger charge is -2.22. The maximum absolute atomic E-state index is 12.3. The van der Waals surface area contributed by atoms with Crippen LogP contribution in [0.4, 0.5) is 18.3 Å². The van der Waals surface area contributed by atoms with E-state index in [4.69, 9.17) is 0 Å². The Balaban J connectivity index is 1.89. The van der Waals surface area contributed by atoms with Gasteiger partial charge >= 0.3 is 6.18 Å². The summed E-state index contributed by atoms with van der Waals surface area (Å²) in [7, 11) is 0. The molecule has 2 rings (SSSR count). The molecule has 4 nitrogen and oxygen atoms in total. The molecule has 1 saturated heterocycles. The van der Waals surface area contributed by atoms with Crippen LogP contribution in [-0.2, 0) is 6.18 Å². The van der Waals surface area contributed by atoms with Crippen molar-refractivity contribution in [3.05, 3.63) is 5.82 Å². The van der Waals surface area contributed by atoms with Gasteiger partial charge in [-0.25, -0.2) is 0 Å². The van der Waals surface area contributed by atoms with Crippen molar-refractivity contribution < 1.29 is 13.2 Å². The van der Waals surface area contributed by atoms with Gasteiger partial charge in [0.05, 0.1) is 0 Å². The fourth-order valence-corrected chi connectivity index (χ4v) is 2.75. The highest BCUT2D eigenvalue weighted by Crippen LogP contribution is 2.29. The molecule has 1 aromatic heterocycles. The summed E-state index contributed by atoms with van der Waals surface area (Å²) >= 11 is 0.758. The fourth-order valence-electron chi connectivity index (χ4n) is 2.16. The van der Waals surface area contributed by atoms with Gasteiger partial charge in [-0.15, -0.1) is 0 Å². The Bertz CT molecular complexity index is 393. The zero-order valence-corrected chi connectivity index (χ0v) is 10.8. The van der Waals surface area contributed by atoms with E-state index in [-0.39, 0.29) is 5.13 Å². The first-order chi connectivity index (χ1) is 8.50. The number of halogens is 3.